The van der Waals surface area contributed by atoms with Crippen LogP contribution in [0.1, 0.15) is 42.5 Å². The molecule has 0 spiro atoms. The van der Waals surface area contributed by atoms with Gasteiger partial charge in [-0.15, -0.1) is 0 Å². The Hall–Kier alpha value is -3.75. The molecule has 0 saturated heterocycles. The lowest BCUT2D eigenvalue weighted by Gasteiger charge is -2.30. The predicted molar refractivity (Wildman–Crippen MR) is 155 cm³/mol. The second-order valence-corrected chi connectivity index (χ2v) is 11.4. The first-order chi connectivity index (χ1) is 20.3. The van der Waals surface area contributed by atoms with E-state index in [1.54, 1.807) is 21.2 Å². The summed E-state index contributed by atoms with van der Waals surface area (Å²) in [6.45, 7) is 1.54. The van der Waals surface area contributed by atoms with Crippen molar-refractivity contribution >= 4 is 17.7 Å². The molecule has 2 aromatic carbocycles. The van der Waals surface area contributed by atoms with Gasteiger partial charge >= 0.3 is 6.18 Å². The summed E-state index contributed by atoms with van der Waals surface area (Å²) < 4.78 is 44.9. The molecule has 0 atom stereocenters. The molecule has 1 aromatic heterocycles. The minimum absolute atomic E-state index is 0.0363. The molecule has 0 radical (unpaired) electrons. The molecule has 1 aliphatic carbocycles. The summed E-state index contributed by atoms with van der Waals surface area (Å²) in [5, 5.41) is 4.30. The summed E-state index contributed by atoms with van der Waals surface area (Å²) in [6, 6.07) is 14.0. The molecule has 2 heterocycles. The Kier molecular flexibility index (Phi) is 9.55. The van der Waals surface area contributed by atoms with Crippen molar-refractivity contribution in [3.8, 4) is 23.3 Å². The lowest BCUT2D eigenvalue weighted by atomic mass is 10.0. The van der Waals surface area contributed by atoms with Gasteiger partial charge in [0.15, 0.2) is 5.16 Å². The molecule has 1 amide bonds. The van der Waals surface area contributed by atoms with E-state index in [1.165, 1.54) is 18.6 Å². The second kappa shape index (κ2) is 13.5. The maximum Gasteiger partial charge on any atom is 0.416 e. The molecule has 3 aromatic rings. The van der Waals surface area contributed by atoms with E-state index in [2.05, 4.69) is 17.2 Å². The molecule has 7 nitrogen and oxygen atoms in total. The molecular weight excluding hydrogens is 565 g/mol. The van der Waals surface area contributed by atoms with Crippen LogP contribution in [0.4, 0.5) is 13.2 Å². The zero-order valence-electron chi connectivity index (χ0n) is 23.0. The Morgan fingerprint density at radius 2 is 1.86 bits per heavy atom. The Bertz CT molecular complexity index is 1510. The van der Waals surface area contributed by atoms with Crippen molar-refractivity contribution in [2.45, 2.75) is 55.2 Å². The third-order valence-electron chi connectivity index (χ3n) is 7.24. The van der Waals surface area contributed by atoms with Gasteiger partial charge in [-0.05, 0) is 49.2 Å². The summed E-state index contributed by atoms with van der Waals surface area (Å²) in [5.74, 6) is 5.91. The number of hydrogen-bond donors (Lipinski definition) is 1. The Labute approximate surface area is 246 Å². The Balaban J connectivity index is 1.11. The monoisotopic (exact) mass is 596 g/mol. The van der Waals surface area contributed by atoms with Crippen LogP contribution in [0.3, 0.4) is 0 Å². The summed E-state index contributed by atoms with van der Waals surface area (Å²) in [5.41, 5.74) is 1.28. The van der Waals surface area contributed by atoms with Crippen LogP contribution in [-0.2, 0) is 23.9 Å². The third kappa shape index (κ3) is 7.36. The van der Waals surface area contributed by atoms with E-state index in [4.69, 9.17) is 9.72 Å². The molecule has 2 aliphatic rings. The van der Waals surface area contributed by atoms with Crippen molar-refractivity contribution in [3.05, 3.63) is 81.8 Å². The second-order valence-electron chi connectivity index (χ2n) is 10.1. The maximum absolute atomic E-state index is 13.7. The van der Waals surface area contributed by atoms with Gasteiger partial charge in [-0.1, -0.05) is 48.2 Å². The largest absolute Gasteiger partial charge is 0.481 e. The lowest BCUT2D eigenvalue weighted by Crippen LogP contribution is -2.42. The molecule has 220 valence electrons. The van der Waals surface area contributed by atoms with Crippen molar-refractivity contribution in [2.24, 2.45) is 0 Å². The average Bonchev–Trinajstić information content (AvgIpc) is 2.96. The van der Waals surface area contributed by atoms with Crippen LogP contribution in [-0.4, -0.2) is 51.8 Å². The van der Waals surface area contributed by atoms with Crippen molar-refractivity contribution in [3.63, 3.8) is 0 Å². The highest BCUT2D eigenvalue weighted by Gasteiger charge is 2.30. The smallest absolute Gasteiger partial charge is 0.416 e. The fourth-order valence-corrected chi connectivity index (χ4v) is 5.99. The van der Waals surface area contributed by atoms with Crippen LogP contribution in [0.25, 0.3) is 5.69 Å². The number of fused-ring (bicyclic) bond motifs is 1. The highest BCUT2D eigenvalue weighted by atomic mass is 32.2. The van der Waals surface area contributed by atoms with Crippen LogP contribution in [0, 0.1) is 11.8 Å². The van der Waals surface area contributed by atoms with Crippen LogP contribution in [0.2, 0.25) is 0 Å². The van der Waals surface area contributed by atoms with Crippen LogP contribution in [0.5, 0.6) is 5.75 Å². The average molecular weight is 597 g/mol. The summed E-state index contributed by atoms with van der Waals surface area (Å²) in [4.78, 5) is 33.3. The molecule has 1 N–H and O–H groups in total. The SMILES string of the molecule is O=C(CCNCC#CCOc1ccc(C(F)(F)F)cc1)N1CCc2nc(SC3CCC3)n(-c3ccccc3)c(=O)c2C1. The van der Waals surface area contributed by atoms with E-state index in [-0.39, 0.29) is 31.0 Å². The third-order valence-corrected chi connectivity index (χ3v) is 8.53. The minimum Gasteiger partial charge on any atom is -0.481 e. The quantitative estimate of drug-likeness (QED) is 0.217. The van der Waals surface area contributed by atoms with Gasteiger partial charge in [-0.25, -0.2) is 4.98 Å². The summed E-state index contributed by atoms with van der Waals surface area (Å²) in [6.07, 6.45) is -0.118. The lowest BCUT2D eigenvalue weighted by molar-refractivity contribution is -0.137. The van der Waals surface area contributed by atoms with E-state index in [9.17, 15) is 22.8 Å². The van der Waals surface area contributed by atoms with Gasteiger partial charge in [0.05, 0.1) is 35.6 Å². The molecular formula is C31H31F3N4O3S. The number of hydrogen-bond acceptors (Lipinski definition) is 6. The first-order valence-electron chi connectivity index (χ1n) is 13.9. The van der Waals surface area contributed by atoms with Gasteiger partial charge in [0.1, 0.15) is 12.4 Å². The number of rotatable bonds is 9. The van der Waals surface area contributed by atoms with E-state index in [0.29, 0.717) is 42.6 Å². The first kappa shape index (κ1) is 29.7. The molecule has 1 fully saturated rings. The van der Waals surface area contributed by atoms with E-state index in [1.807, 2.05) is 30.3 Å². The minimum atomic E-state index is -4.39. The summed E-state index contributed by atoms with van der Waals surface area (Å²) in [7, 11) is 0. The van der Waals surface area contributed by atoms with E-state index in [0.717, 1.165) is 41.5 Å². The van der Waals surface area contributed by atoms with Gasteiger partial charge in [0.2, 0.25) is 5.91 Å². The number of amides is 1. The molecule has 42 heavy (non-hydrogen) atoms. The van der Waals surface area contributed by atoms with Crippen molar-refractivity contribution < 1.29 is 22.7 Å². The van der Waals surface area contributed by atoms with E-state index < -0.39 is 11.7 Å². The molecule has 0 bridgehead atoms. The van der Waals surface area contributed by atoms with Crippen LogP contribution >= 0.6 is 11.8 Å². The van der Waals surface area contributed by atoms with Gasteiger partial charge in [0.25, 0.3) is 5.56 Å². The zero-order valence-corrected chi connectivity index (χ0v) is 23.8. The van der Waals surface area contributed by atoms with Gasteiger partial charge < -0.3 is 15.0 Å². The number of para-hydroxylation sites is 1. The molecule has 5 rings (SSSR count). The van der Waals surface area contributed by atoms with Crippen LogP contribution in [0.15, 0.2) is 64.5 Å². The van der Waals surface area contributed by atoms with Gasteiger partial charge in [-0.3, -0.25) is 14.2 Å². The number of aromatic nitrogens is 2. The number of thioether (sulfide) groups is 1. The predicted octanol–water partition coefficient (Wildman–Crippen LogP) is 4.84. The molecule has 1 aliphatic heterocycles. The summed E-state index contributed by atoms with van der Waals surface area (Å²) >= 11 is 1.67. The molecule has 1 saturated carbocycles. The fourth-order valence-electron chi connectivity index (χ4n) is 4.67. The van der Waals surface area contributed by atoms with Gasteiger partial charge in [-0.2, -0.15) is 13.2 Å². The topological polar surface area (TPSA) is 76.5 Å². The van der Waals surface area contributed by atoms with Crippen molar-refractivity contribution in [1.29, 1.82) is 0 Å². The highest BCUT2D eigenvalue weighted by Crippen LogP contribution is 2.36. The first-order valence-corrected chi connectivity index (χ1v) is 14.8. The normalized spacial score (nSPS) is 14.9. The fraction of sp³-hybridized carbons (Fsp3) is 0.387. The number of benzene rings is 2. The van der Waals surface area contributed by atoms with Gasteiger partial charge in [0, 0.05) is 31.2 Å². The number of carbonyl (C=O) groups excluding carboxylic acids is 1. The Morgan fingerprint density at radius 3 is 2.55 bits per heavy atom. The van der Waals surface area contributed by atoms with E-state index >= 15 is 0 Å². The van der Waals surface area contributed by atoms with Crippen LogP contribution < -0.4 is 15.6 Å². The number of nitrogens with one attached hydrogen (secondary N) is 1. The van der Waals surface area contributed by atoms with Crippen molar-refractivity contribution in [2.75, 3.05) is 26.2 Å². The Morgan fingerprint density at radius 1 is 1.10 bits per heavy atom. The molecule has 11 heteroatoms. The number of carbonyl (C=O) groups is 1. The number of nitrogens with zero attached hydrogens (tertiary/aromatic N) is 3. The standard InChI is InChI=1S/C31H31F3N4O3S/c32-31(33,34)22-11-13-24(14-12-22)41-20-5-4-17-35-18-15-28(39)37-19-16-27-26(21-37)29(40)38(23-7-2-1-3-8-23)30(36-27)42-25-9-6-10-25/h1-3,7-8,11-14,25,35H,6,9-10,15-21H2. The van der Waals surface area contributed by atoms with Crippen molar-refractivity contribution in [1.82, 2.24) is 19.8 Å². The maximum atomic E-state index is 13.7. The number of ether oxygens (including phenoxy) is 1. The molecule has 0 unspecified atom stereocenters. The number of halogens is 3. The highest BCUT2D eigenvalue weighted by molar-refractivity contribution is 7.99. The number of alkyl halides is 3. The zero-order chi connectivity index (χ0) is 29.5.